The Morgan fingerprint density at radius 3 is 2.62 bits per heavy atom. The van der Waals surface area contributed by atoms with Crippen LogP contribution in [0.4, 0.5) is 0 Å². The quantitative estimate of drug-likeness (QED) is 0.834. The van der Waals surface area contributed by atoms with Crippen molar-refractivity contribution in [2.75, 3.05) is 39.6 Å². The SMILES string of the molecule is Cc1cc(C)c(C)c(OCC(=O)N2CC[NH+](Cc3ccc4c(c3)OCO4)CC2)c1. The molecule has 6 nitrogen and oxygen atoms in total. The Bertz CT molecular complexity index is 904. The smallest absolute Gasteiger partial charge is 0.260 e. The number of piperazine rings is 1. The van der Waals surface area contributed by atoms with Gasteiger partial charge in [0.15, 0.2) is 18.1 Å². The number of nitrogens with zero attached hydrogens (tertiary/aromatic N) is 1. The molecule has 1 fully saturated rings. The van der Waals surface area contributed by atoms with E-state index in [-0.39, 0.29) is 12.5 Å². The lowest BCUT2D eigenvalue weighted by Crippen LogP contribution is -3.13. The van der Waals surface area contributed by atoms with Crippen LogP contribution in [0.25, 0.3) is 0 Å². The van der Waals surface area contributed by atoms with Crippen LogP contribution in [-0.2, 0) is 11.3 Å². The summed E-state index contributed by atoms with van der Waals surface area (Å²) in [5.74, 6) is 2.52. The fraction of sp³-hybridized carbons (Fsp3) is 0.435. The van der Waals surface area contributed by atoms with Crippen LogP contribution in [0.1, 0.15) is 22.3 Å². The predicted molar refractivity (Wildman–Crippen MR) is 110 cm³/mol. The maximum atomic E-state index is 12.6. The molecule has 0 radical (unpaired) electrons. The van der Waals surface area contributed by atoms with Gasteiger partial charge in [0.2, 0.25) is 6.79 Å². The van der Waals surface area contributed by atoms with Crippen LogP contribution >= 0.6 is 0 Å². The third-order valence-electron chi connectivity index (χ3n) is 5.83. The van der Waals surface area contributed by atoms with Crippen LogP contribution in [0, 0.1) is 20.8 Å². The van der Waals surface area contributed by atoms with E-state index >= 15 is 0 Å². The molecule has 2 aromatic rings. The largest absolute Gasteiger partial charge is 0.483 e. The second kappa shape index (κ2) is 8.33. The van der Waals surface area contributed by atoms with Gasteiger partial charge in [-0.15, -0.1) is 0 Å². The van der Waals surface area contributed by atoms with Gasteiger partial charge in [0.05, 0.1) is 26.2 Å². The second-order valence-corrected chi connectivity index (χ2v) is 7.99. The van der Waals surface area contributed by atoms with E-state index in [2.05, 4.69) is 25.1 Å². The average Bonchev–Trinajstić information content (AvgIpc) is 3.18. The minimum absolute atomic E-state index is 0.0608. The van der Waals surface area contributed by atoms with Gasteiger partial charge in [-0.05, 0) is 61.7 Å². The molecule has 154 valence electrons. The summed E-state index contributed by atoms with van der Waals surface area (Å²) in [4.78, 5) is 16.0. The zero-order valence-electron chi connectivity index (χ0n) is 17.4. The first-order chi connectivity index (χ1) is 14.0. The number of nitrogens with one attached hydrogen (secondary N) is 1. The molecule has 0 saturated carbocycles. The van der Waals surface area contributed by atoms with Crippen LogP contribution < -0.4 is 19.1 Å². The molecule has 0 unspecified atom stereocenters. The molecule has 0 spiro atoms. The van der Waals surface area contributed by atoms with Crippen LogP contribution in [0.15, 0.2) is 30.3 Å². The molecule has 2 aliphatic rings. The highest BCUT2D eigenvalue weighted by molar-refractivity contribution is 5.77. The van der Waals surface area contributed by atoms with Gasteiger partial charge in [0.25, 0.3) is 5.91 Å². The fourth-order valence-electron chi connectivity index (χ4n) is 3.97. The fourth-order valence-corrected chi connectivity index (χ4v) is 3.97. The van der Waals surface area contributed by atoms with Crippen molar-refractivity contribution in [2.24, 2.45) is 0 Å². The van der Waals surface area contributed by atoms with E-state index in [4.69, 9.17) is 14.2 Å². The molecule has 0 aliphatic carbocycles. The molecule has 2 aromatic carbocycles. The number of benzene rings is 2. The van der Waals surface area contributed by atoms with Crippen molar-refractivity contribution in [2.45, 2.75) is 27.3 Å². The van der Waals surface area contributed by atoms with Crippen molar-refractivity contribution in [3.05, 3.63) is 52.6 Å². The summed E-state index contributed by atoms with van der Waals surface area (Å²) in [6, 6.07) is 10.3. The number of aryl methyl sites for hydroxylation is 2. The van der Waals surface area contributed by atoms with Crippen molar-refractivity contribution in [1.29, 1.82) is 0 Å². The van der Waals surface area contributed by atoms with E-state index in [1.807, 2.05) is 30.9 Å². The van der Waals surface area contributed by atoms with Crippen molar-refractivity contribution >= 4 is 5.91 Å². The van der Waals surface area contributed by atoms with Crippen molar-refractivity contribution in [3.63, 3.8) is 0 Å². The lowest BCUT2D eigenvalue weighted by molar-refractivity contribution is -0.917. The number of rotatable bonds is 5. The molecular weight excluding hydrogens is 368 g/mol. The van der Waals surface area contributed by atoms with Gasteiger partial charge in [-0.25, -0.2) is 0 Å². The van der Waals surface area contributed by atoms with Crippen molar-refractivity contribution in [1.82, 2.24) is 4.90 Å². The summed E-state index contributed by atoms with van der Waals surface area (Å²) in [6.45, 7) is 10.9. The van der Waals surface area contributed by atoms with Gasteiger partial charge in [0.1, 0.15) is 12.3 Å². The average molecular weight is 397 g/mol. The number of carbonyl (C=O) groups is 1. The molecule has 1 N–H and O–H groups in total. The van der Waals surface area contributed by atoms with E-state index in [9.17, 15) is 4.79 Å². The Kier molecular flexibility index (Phi) is 5.62. The van der Waals surface area contributed by atoms with Crippen molar-refractivity contribution in [3.8, 4) is 17.2 Å². The first-order valence-electron chi connectivity index (χ1n) is 10.2. The van der Waals surface area contributed by atoms with E-state index in [0.717, 1.165) is 61.1 Å². The Morgan fingerprint density at radius 2 is 1.83 bits per heavy atom. The van der Waals surface area contributed by atoms with Crippen LogP contribution in [0.2, 0.25) is 0 Å². The standard InChI is InChI=1S/C23H28N2O4/c1-16-10-17(2)18(3)21(11-16)27-14-23(26)25-8-6-24(7-9-25)13-19-4-5-20-22(12-19)29-15-28-20/h4-5,10-12H,6-9,13-15H2,1-3H3/p+1. The van der Waals surface area contributed by atoms with Gasteiger partial charge in [-0.3, -0.25) is 4.79 Å². The maximum absolute atomic E-state index is 12.6. The summed E-state index contributed by atoms with van der Waals surface area (Å²) in [5, 5.41) is 0. The lowest BCUT2D eigenvalue weighted by atomic mass is 10.1. The zero-order valence-corrected chi connectivity index (χ0v) is 17.4. The number of hydrogen-bond acceptors (Lipinski definition) is 4. The van der Waals surface area contributed by atoms with Crippen LogP contribution in [0.5, 0.6) is 17.2 Å². The topological polar surface area (TPSA) is 52.4 Å². The Labute approximate surface area is 172 Å². The first kappa shape index (κ1) is 19.6. The van der Waals surface area contributed by atoms with E-state index < -0.39 is 0 Å². The number of fused-ring (bicyclic) bond motifs is 1. The number of hydrogen-bond donors (Lipinski definition) is 1. The zero-order chi connectivity index (χ0) is 20.4. The molecule has 1 amide bonds. The van der Waals surface area contributed by atoms with Gasteiger partial charge in [-0.2, -0.15) is 0 Å². The molecule has 29 heavy (non-hydrogen) atoms. The molecule has 1 saturated heterocycles. The van der Waals surface area contributed by atoms with Gasteiger partial charge >= 0.3 is 0 Å². The first-order valence-corrected chi connectivity index (χ1v) is 10.2. The van der Waals surface area contributed by atoms with Crippen LogP contribution in [-0.4, -0.2) is 50.4 Å². The number of amides is 1. The molecule has 0 bridgehead atoms. The van der Waals surface area contributed by atoms with E-state index in [0.29, 0.717) is 6.79 Å². The number of quaternary nitrogens is 1. The highest BCUT2D eigenvalue weighted by atomic mass is 16.7. The molecule has 0 aromatic heterocycles. The Morgan fingerprint density at radius 1 is 1.07 bits per heavy atom. The van der Waals surface area contributed by atoms with Crippen molar-refractivity contribution < 1.29 is 23.9 Å². The van der Waals surface area contributed by atoms with E-state index in [1.54, 1.807) is 0 Å². The van der Waals surface area contributed by atoms with Gasteiger partial charge in [0, 0.05) is 5.56 Å². The van der Waals surface area contributed by atoms with Gasteiger partial charge < -0.3 is 24.0 Å². The number of carbonyl (C=O) groups excluding carboxylic acids is 1. The lowest BCUT2D eigenvalue weighted by Gasteiger charge is -2.32. The normalized spacial score (nSPS) is 16.2. The molecular formula is C23H29N2O4+. The maximum Gasteiger partial charge on any atom is 0.260 e. The minimum Gasteiger partial charge on any atom is -0.483 e. The monoisotopic (exact) mass is 397 g/mol. The second-order valence-electron chi connectivity index (χ2n) is 7.99. The summed E-state index contributed by atoms with van der Waals surface area (Å²) < 4.78 is 16.7. The molecule has 4 rings (SSSR count). The Hall–Kier alpha value is -2.73. The molecule has 0 atom stereocenters. The molecule has 6 heteroatoms. The Balaban J connectivity index is 1.26. The van der Waals surface area contributed by atoms with Crippen LogP contribution in [0.3, 0.4) is 0 Å². The third-order valence-corrected chi connectivity index (χ3v) is 5.83. The summed E-state index contributed by atoms with van der Waals surface area (Å²) in [6.07, 6.45) is 0. The summed E-state index contributed by atoms with van der Waals surface area (Å²) in [7, 11) is 0. The highest BCUT2D eigenvalue weighted by Crippen LogP contribution is 2.32. The molecule has 2 heterocycles. The highest BCUT2D eigenvalue weighted by Gasteiger charge is 2.25. The predicted octanol–water partition coefficient (Wildman–Crippen LogP) is 1.65. The molecule has 2 aliphatic heterocycles. The van der Waals surface area contributed by atoms with Gasteiger partial charge in [-0.1, -0.05) is 6.07 Å². The minimum atomic E-state index is 0.0608. The summed E-state index contributed by atoms with van der Waals surface area (Å²) in [5.41, 5.74) is 4.67. The number of ether oxygens (including phenoxy) is 3. The summed E-state index contributed by atoms with van der Waals surface area (Å²) >= 11 is 0. The van der Waals surface area contributed by atoms with E-state index in [1.165, 1.54) is 16.0 Å². The third kappa shape index (κ3) is 4.48.